The fourth-order valence-corrected chi connectivity index (χ4v) is 1.65. The first-order valence-corrected chi connectivity index (χ1v) is 6.09. The summed E-state index contributed by atoms with van der Waals surface area (Å²) in [6, 6.07) is 5.07. The van der Waals surface area contributed by atoms with Crippen LogP contribution in [0.3, 0.4) is 0 Å². The van der Waals surface area contributed by atoms with Crippen LogP contribution in [0, 0.1) is 0 Å². The molecule has 2 atom stereocenters. The Labute approximate surface area is 107 Å². The summed E-state index contributed by atoms with van der Waals surface area (Å²) in [5.74, 6) is 0.559. The monoisotopic (exact) mass is 343 g/mol. The number of rotatable bonds is 4. The zero-order chi connectivity index (χ0) is 11.4. The molecule has 0 radical (unpaired) electrons. The van der Waals surface area contributed by atoms with E-state index in [4.69, 9.17) is 22.1 Å². The van der Waals surface area contributed by atoms with Crippen LogP contribution in [0.2, 0.25) is 5.02 Å². The molecule has 2 nitrogen and oxygen atoms in total. The highest BCUT2D eigenvalue weighted by Crippen LogP contribution is 2.26. The van der Waals surface area contributed by atoms with Crippen molar-refractivity contribution in [2.75, 3.05) is 6.61 Å². The molecule has 15 heavy (non-hydrogen) atoms. The van der Waals surface area contributed by atoms with Crippen molar-refractivity contribution in [3.8, 4) is 5.75 Å². The molecule has 0 aliphatic rings. The van der Waals surface area contributed by atoms with Crippen LogP contribution in [0.1, 0.15) is 18.5 Å². The molecule has 0 amide bonds. The molecular formula is C10H12ClFINO. The molecule has 0 fully saturated rings. The molecule has 2 unspecified atom stereocenters. The fourth-order valence-electron chi connectivity index (χ4n) is 1.13. The van der Waals surface area contributed by atoms with Crippen molar-refractivity contribution in [3.63, 3.8) is 0 Å². The largest absolute Gasteiger partial charge is 0.490 e. The highest BCUT2D eigenvalue weighted by atomic mass is 127. The predicted molar refractivity (Wildman–Crippen MR) is 68.5 cm³/mol. The van der Waals surface area contributed by atoms with Crippen molar-refractivity contribution in [3.05, 3.63) is 28.8 Å². The normalized spacial score (nSPS) is 14.7. The Balaban J connectivity index is 2.73. The van der Waals surface area contributed by atoms with Crippen LogP contribution < -0.4 is 10.5 Å². The molecule has 0 bridgehead atoms. The summed E-state index contributed by atoms with van der Waals surface area (Å²) in [7, 11) is 0. The summed E-state index contributed by atoms with van der Waals surface area (Å²) < 4.78 is 16.7. The van der Waals surface area contributed by atoms with E-state index in [1.54, 1.807) is 40.8 Å². The van der Waals surface area contributed by atoms with Crippen LogP contribution in [0.25, 0.3) is 0 Å². The maximum atomic E-state index is 12.5. The smallest absolute Gasteiger partial charge is 0.184 e. The van der Waals surface area contributed by atoms with Crippen LogP contribution in [-0.2, 0) is 0 Å². The number of nitrogens with two attached hydrogens (primary N) is 1. The van der Waals surface area contributed by atoms with E-state index in [-0.39, 0.29) is 12.6 Å². The second-order valence-corrected chi connectivity index (χ2v) is 4.93. The van der Waals surface area contributed by atoms with Gasteiger partial charge in [-0.25, -0.2) is 4.39 Å². The first-order chi connectivity index (χ1) is 7.00. The standard InChI is InChI=1S/C10H12ClFINO/c1-6(14)8-3-2-7(4-9(8)11)15-5-10(12)13/h2-4,6,10H,5,14H2,1H3. The number of alkyl halides is 2. The Kier molecular flexibility index (Phi) is 5.08. The van der Waals surface area contributed by atoms with Gasteiger partial charge in [0.25, 0.3) is 0 Å². The summed E-state index contributed by atoms with van der Waals surface area (Å²) in [4.78, 5) is 0. The summed E-state index contributed by atoms with van der Waals surface area (Å²) in [6.45, 7) is 1.87. The SMILES string of the molecule is CC(N)c1ccc(OCC(F)I)cc1Cl. The second-order valence-electron chi connectivity index (χ2n) is 3.17. The minimum Gasteiger partial charge on any atom is -0.490 e. The first-order valence-electron chi connectivity index (χ1n) is 4.46. The maximum absolute atomic E-state index is 12.5. The zero-order valence-electron chi connectivity index (χ0n) is 8.21. The minimum atomic E-state index is -1.02. The molecule has 0 spiro atoms. The van der Waals surface area contributed by atoms with E-state index in [0.29, 0.717) is 10.8 Å². The van der Waals surface area contributed by atoms with Crippen LogP contribution >= 0.6 is 34.2 Å². The topological polar surface area (TPSA) is 35.2 Å². The lowest BCUT2D eigenvalue weighted by molar-refractivity contribution is 0.262. The summed E-state index contributed by atoms with van der Waals surface area (Å²) >= 11 is 7.63. The average molecular weight is 344 g/mol. The van der Waals surface area contributed by atoms with E-state index in [2.05, 4.69) is 0 Å². The molecule has 0 aromatic heterocycles. The predicted octanol–water partition coefficient (Wildman–Crippen LogP) is 3.47. The van der Waals surface area contributed by atoms with Crippen LogP contribution in [0.5, 0.6) is 5.75 Å². The Hall–Kier alpha value is -0.0700. The lowest BCUT2D eigenvalue weighted by Crippen LogP contribution is -2.07. The number of benzene rings is 1. The molecular weight excluding hydrogens is 331 g/mol. The zero-order valence-corrected chi connectivity index (χ0v) is 11.1. The Morgan fingerprint density at radius 2 is 2.27 bits per heavy atom. The molecule has 0 heterocycles. The highest BCUT2D eigenvalue weighted by molar-refractivity contribution is 14.1. The molecule has 0 saturated carbocycles. The Morgan fingerprint density at radius 3 is 2.73 bits per heavy atom. The lowest BCUT2D eigenvalue weighted by atomic mass is 10.1. The summed E-state index contributed by atoms with van der Waals surface area (Å²) in [6.07, 6.45) is 0. The molecule has 1 aromatic carbocycles. The third kappa shape index (κ3) is 4.12. The number of halogens is 3. The molecule has 1 aromatic rings. The second kappa shape index (κ2) is 5.86. The third-order valence-electron chi connectivity index (χ3n) is 1.84. The van der Waals surface area contributed by atoms with Gasteiger partial charge in [0.1, 0.15) is 12.4 Å². The van der Waals surface area contributed by atoms with Gasteiger partial charge >= 0.3 is 0 Å². The van der Waals surface area contributed by atoms with E-state index in [0.717, 1.165) is 5.56 Å². The van der Waals surface area contributed by atoms with Gasteiger partial charge in [0, 0.05) is 11.1 Å². The Morgan fingerprint density at radius 1 is 1.60 bits per heavy atom. The number of hydrogen-bond acceptors (Lipinski definition) is 2. The van der Waals surface area contributed by atoms with Crippen molar-refractivity contribution in [1.82, 2.24) is 0 Å². The maximum Gasteiger partial charge on any atom is 0.184 e. The molecule has 5 heteroatoms. The summed E-state index contributed by atoms with van der Waals surface area (Å²) in [5, 5.41) is 0.548. The van der Waals surface area contributed by atoms with Gasteiger partial charge in [-0.15, -0.1) is 0 Å². The Bertz CT molecular complexity index is 333. The minimum absolute atomic E-state index is 0.0222. The van der Waals surface area contributed by atoms with Gasteiger partial charge in [-0.3, -0.25) is 0 Å². The molecule has 0 saturated heterocycles. The van der Waals surface area contributed by atoms with Crippen molar-refractivity contribution in [2.24, 2.45) is 5.73 Å². The van der Waals surface area contributed by atoms with Gasteiger partial charge in [0.15, 0.2) is 4.18 Å². The molecule has 1 rings (SSSR count). The lowest BCUT2D eigenvalue weighted by Gasteiger charge is -2.11. The van der Waals surface area contributed by atoms with Crippen molar-refractivity contribution in [2.45, 2.75) is 17.1 Å². The van der Waals surface area contributed by atoms with E-state index >= 15 is 0 Å². The molecule has 2 N–H and O–H groups in total. The van der Waals surface area contributed by atoms with Crippen molar-refractivity contribution in [1.29, 1.82) is 0 Å². The van der Waals surface area contributed by atoms with Crippen molar-refractivity contribution < 1.29 is 9.13 Å². The van der Waals surface area contributed by atoms with Gasteiger partial charge in [-0.2, -0.15) is 0 Å². The van der Waals surface area contributed by atoms with Gasteiger partial charge in [0.2, 0.25) is 0 Å². The van der Waals surface area contributed by atoms with Crippen molar-refractivity contribution >= 4 is 34.2 Å². The molecule has 84 valence electrons. The van der Waals surface area contributed by atoms with Crippen LogP contribution in [-0.4, -0.2) is 10.8 Å². The number of hydrogen-bond donors (Lipinski definition) is 1. The van der Waals surface area contributed by atoms with Gasteiger partial charge in [0.05, 0.1) is 0 Å². The average Bonchev–Trinajstić information content (AvgIpc) is 2.14. The summed E-state index contributed by atoms with van der Waals surface area (Å²) in [5.41, 5.74) is 6.56. The van der Waals surface area contributed by atoms with E-state index in [9.17, 15) is 4.39 Å². The molecule has 0 aliphatic carbocycles. The van der Waals surface area contributed by atoms with E-state index < -0.39 is 4.18 Å². The first kappa shape index (κ1) is 13.0. The third-order valence-corrected chi connectivity index (χ3v) is 2.53. The van der Waals surface area contributed by atoms with Gasteiger partial charge < -0.3 is 10.5 Å². The van der Waals surface area contributed by atoms with Crippen LogP contribution in [0.15, 0.2) is 18.2 Å². The van der Waals surface area contributed by atoms with E-state index in [1.165, 1.54) is 0 Å². The molecule has 0 aliphatic heterocycles. The van der Waals surface area contributed by atoms with Crippen LogP contribution in [0.4, 0.5) is 4.39 Å². The highest BCUT2D eigenvalue weighted by Gasteiger charge is 2.07. The van der Waals surface area contributed by atoms with Gasteiger partial charge in [-0.05, 0) is 47.2 Å². The quantitative estimate of drug-likeness (QED) is 0.671. The fraction of sp³-hybridized carbons (Fsp3) is 0.400. The van der Waals surface area contributed by atoms with Gasteiger partial charge in [-0.1, -0.05) is 17.7 Å². The number of ether oxygens (including phenoxy) is 1. The van der Waals surface area contributed by atoms with E-state index in [1.807, 2.05) is 6.92 Å².